The number of halogens is 1. The van der Waals surface area contributed by atoms with Gasteiger partial charge >= 0.3 is 0 Å². The van der Waals surface area contributed by atoms with E-state index in [1.807, 2.05) is 0 Å². The summed E-state index contributed by atoms with van der Waals surface area (Å²) in [5.41, 5.74) is 0. The second-order valence-electron chi connectivity index (χ2n) is 3.04. The topological polar surface area (TPSA) is 43.4 Å². The van der Waals surface area contributed by atoms with Crippen LogP contribution in [-0.4, -0.2) is 20.2 Å². The molecule has 84 valence electrons. The van der Waals surface area contributed by atoms with Gasteiger partial charge in [0.1, 0.15) is 10.5 Å². The number of benzene rings is 1. The number of hydrogen-bond donors (Lipinski definition) is 0. The van der Waals surface area contributed by atoms with E-state index in [9.17, 15) is 8.42 Å². The molecular weight excluding hydrogens is 236 g/mol. The van der Waals surface area contributed by atoms with Crippen molar-refractivity contribution >= 4 is 21.4 Å². The Morgan fingerprint density at radius 3 is 2.27 bits per heavy atom. The van der Waals surface area contributed by atoms with Crippen LogP contribution in [0.5, 0.6) is 5.75 Å². The van der Waals surface area contributed by atoms with Gasteiger partial charge in [0.15, 0.2) is 9.84 Å². The van der Waals surface area contributed by atoms with E-state index in [0.717, 1.165) is 0 Å². The molecule has 0 aromatic heterocycles. The number of sulfone groups is 1. The molecular formula is C10H13ClO3S. The van der Waals surface area contributed by atoms with Crippen LogP contribution in [-0.2, 0) is 9.84 Å². The molecule has 0 saturated carbocycles. The van der Waals surface area contributed by atoms with E-state index >= 15 is 0 Å². The zero-order valence-electron chi connectivity index (χ0n) is 8.60. The fourth-order valence-corrected chi connectivity index (χ4v) is 2.69. The molecule has 0 bridgehead atoms. The highest BCUT2D eigenvalue weighted by molar-refractivity contribution is 7.93. The number of ether oxygens (including phenoxy) is 1. The summed E-state index contributed by atoms with van der Waals surface area (Å²) in [6.45, 7) is 1.73. The summed E-state index contributed by atoms with van der Waals surface area (Å²) in [5.74, 6) is 0.622. The third-order valence-corrected chi connectivity index (χ3v) is 4.99. The molecule has 15 heavy (non-hydrogen) atoms. The summed E-state index contributed by atoms with van der Waals surface area (Å²) < 4.78 is 27.7. The Kier molecular flexibility index (Phi) is 3.99. The summed E-state index contributed by atoms with van der Waals surface area (Å²) in [4.78, 5) is 0.227. The lowest BCUT2D eigenvalue weighted by molar-refractivity contribution is 0.414. The monoisotopic (exact) mass is 248 g/mol. The molecule has 1 aromatic rings. The molecule has 0 N–H and O–H groups in total. The van der Waals surface area contributed by atoms with Gasteiger partial charge in [-0.1, -0.05) is 6.92 Å². The van der Waals surface area contributed by atoms with E-state index in [2.05, 4.69) is 0 Å². The van der Waals surface area contributed by atoms with E-state index in [-0.39, 0.29) is 4.90 Å². The fourth-order valence-electron chi connectivity index (χ4n) is 1.13. The molecule has 0 fully saturated rings. The molecule has 0 aliphatic heterocycles. The largest absolute Gasteiger partial charge is 0.497 e. The molecule has 5 heteroatoms. The molecule has 3 nitrogen and oxygen atoms in total. The molecule has 0 aliphatic carbocycles. The quantitative estimate of drug-likeness (QED) is 0.769. The minimum Gasteiger partial charge on any atom is -0.497 e. The fraction of sp³-hybridized carbons (Fsp3) is 0.400. The van der Waals surface area contributed by atoms with Crippen molar-refractivity contribution in [3.05, 3.63) is 24.3 Å². The third kappa shape index (κ3) is 2.63. The molecule has 0 aliphatic rings. The van der Waals surface area contributed by atoms with Crippen LogP contribution in [0.25, 0.3) is 0 Å². The summed E-state index contributed by atoms with van der Waals surface area (Å²) in [6.07, 6.45) is 0.385. The maximum absolute atomic E-state index is 11.8. The molecule has 0 heterocycles. The van der Waals surface area contributed by atoms with Crippen LogP contribution in [0.1, 0.15) is 13.3 Å². The zero-order chi connectivity index (χ0) is 11.5. The normalized spacial score (nSPS) is 13.5. The van der Waals surface area contributed by atoms with Crippen LogP contribution >= 0.6 is 11.6 Å². The van der Waals surface area contributed by atoms with Crippen molar-refractivity contribution in [3.63, 3.8) is 0 Å². The smallest absolute Gasteiger partial charge is 0.195 e. The minimum atomic E-state index is -3.40. The van der Waals surface area contributed by atoms with E-state index in [4.69, 9.17) is 16.3 Å². The summed E-state index contributed by atoms with van der Waals surface area (Å²) >= 11 is 5.75. The highest BCUT2D eigenvalue weighted by Crippen LogP contribution is 2.23. The van der Waals surface area contributed by atoms with Crippen molar-refractivity contribution < 1.29 is 13.2 Å². The van der Waals surface area contributed by atoms with Gasteiger partial charge in [-0.2, -0.15) is 0 Å². The summed E-state index contributed by atoms with van der Waals surface area (Å²) in [6, 6.07) is 6.21. The van der Waals surface area contributed by atoms with E-state index < -0.39 is 14.5 Å². The first-order valence-corrected chi connectivity index (χ1v) is 6.52. The zero-order valence-corrected chi connectivity index (χ0v) is 10.2. The van der Waals surface area contributed by atoms with Crippen molar-refractivity contribution in [2.45, 2.75) is 22.9 Å². The number of alkyl halides is 1. The SMILES string of the molecule is CCC(Cl)S(=O)(=O)c1ccc(OC)cc1. The van der Waals surface area contributed by atoms with Crippen molar-refractivity contribution in [2.75, 3.05) is 7.11 Å². The molecule has 1 aromatic carbocycles. The van der Waals surface area contributed by atoms with Crippen LogP contribution in [0.2, 0.25) is 0 Å². The Morgan fingerprint density at radius 2 is 1.87 bits per heavy atom. The van der Waals surface area contributed by atoms with Gasteiger partial charge in [0.05, 0.1) is 12.0 Å². The number of rotatable bonds is 4. The maximum Gasteiger partial charge on any atom is 0.195 e. The molecule has 0 amide bonds. The number of hydrogen-bond acceptors (Lipinski definition) is 3. The van der Waals surface area contributed by atoms with Gasteiger partial charge in [0.25, 0.3) is 0 Å². The summed E-state index contributed by atoms with van der Waals surface area (Å²) in [7, 11) is -1.88. The molecule has 1 atom stereocenters. The minimum absolute atomic E-state index is 0.227. The van der Waals surface area contributed by atoms with Crippen molar-refractivity contribution in [3.8, 4) is 5.75 Å². The average Bonchev–Trinajstić information content (AvgIpc) is 2.28. The van der Waals surface area contributed by atoms with Crippen LogP contribution < -0.4 is 4.74 Å². The summed E-state index contributed by atoms with van der Waals surface area (Å²) in [5, 5.41) is 0. The second kappa shape index (κ2) is 4.86. The van der Waals surface area contributed by atoms with Crippen LogP contribution in [0.15, 0.2) is 29.2 Å². The van der Waals surface area contributed by atoms with Crippen molar-refractivity contribution in [1.82, 2.24) is 0 Å². The van der Waals surface area contributed by atoms with Gasteiger partial charge in [-0.05, 0) is 30.7 Å². The lowest BCUT2D eigenvalue weighted by Crippen LogP contribution is -2.14. The first-order valence-electron chi connectivity index (χ1n) is 4.54. The predicted octanol–water partition coefficient (Wildman–Crippen LogP) is 2.44. The Labute approximate surface area is 94.9 Å². The average molecular weight is 249 g/mol. The first-order chi connectivity index (χ1) is 7.02. The highest BCUT2D eigenvalue weighted by atomic mass is 35.5. The maximum atomic E-state index is 11.8. The van der Waals surface area contributed by atoms with E-state index in [0.29, 0.717) is 12.2 Å². The van der Waals surface area contributed by atoms with Gasteiger partial charge in [-0.25, -0.2) is 8.42 Å². The third-order valence-electron chi connectivity index (χ3n) is 2.05. The van der Waals surface area contributed by atoms with E-state index in [1.54, 1.807) is 19.1 Å². The molecule has 0 radical (unpaired) electrons. The molecule has 0 spiro atoms. The van der Waals surface area contributed by atoms with Gasteiger partial charge in [-0.3, -0.25) is 0 Å². The van der Waals surface area contributed by atoms with E-state index in [1.165, 1.54) is 19.2 Å². The highest BCUT2D eigenvalue weighted by Gasteiger charge is 2.23. The lowest BCUT2D eigenvalue weighted by Gasteiger charge is -2.09. The van der Waals surface area contributed by atoms with Gasteiger partial charge in [0, 0.05) is 0 Å². The Morgan fingerprint density at radius 1 is 1.33 bits per heavy atom. The van der Waals surface area contributed by atoms with Gasteiger partial charge in [0.2, 0.25) is 0 Å². The first kappa shape index (κ1) is 12.3. The standard InChI is InChI=1S/C10H13ClO3S/c1-3-10(11)15(12,13)9-6-4-8(14-2)5-7-9/h4-7,10H,3H2,1-2H3. The predicted molar refractivity (Wildman–Crippen MR) is 60.1 cm³/mol. The molecule has 1 rings (SSSR count). The van der Waals surface area contributed by atoms with Crippen LogP contribution in [0.3, 0.4) is 0 Å². The molecule has 1 unspecified atom stereocenters. The second-order valence-corrected chi connectivity index (χ2v) is 5.95. The Balaban J connectivity index is 3.06. The van der Waals surface area contributed by atoms with Crippen molar-refractivity contribution in [1.29, 1.82) is 0 Å². The van der Waals surface area contributed by atoms with Crippen LogP contribution in [0, 0.1) is 0 Å². The van der Waals surface area contributed by atoms with Crippen molar-refractivity contribution in [2.24, 2.45) is 0 Å². The molecule has 0 saturated heterocycles. The Hall–Kier alpha value is -0.740. The lowest BCUT2D eigenvalue weighted by atomic mass is 10.3. The van der Waals surface area contributed by atoms with Gasteiger partial charge in [-0.15, -0.1) is 11.6 Å². The Bertz CT molecular complexity index is 411. The number of methoxy groups -OCH3 is 1. The van der Waals surface area contributed by atoms with Crippen LogP contribution in [0.4, 0.5) is 0 Å². The van der Waals surface area contributed by atoms with Gasteiger partial charge < -0.3 is 4.74 Å².